The topological polar surface area (TPSA) is 100 Å². The first kappa shape index (κ1) is 27.6. The maximum Gasteiger partial charge on any atom is 0.335 e. The molecule has 0 radical (unpaired) electrons. The van der Waals surface area contributed by atoms with Gasteiger partial charge >= 0.3 is 5.97 Å². The summed E-state index contributed by atoms with van der Waals surface area (Å²) in [7, 11) is 0. The lowest BCUT2D eigenvalue weighted by atomic mass is 10.0. The number of carboxylic acid groups (broad SMARTS) is 1. The second kappa shape index (κ2) is 11.4. The van der Waals surface area contributed by atoms with Crippen molar-refractivity contribution in [2.75, 3.05) is 13.2 Å². The fraction of sp³-hybridized carbons (Fsp3) is 0.235. The standard InChI is InChI=1S/C34H27FN4O5/c1-36-24-7-5-22-19-44-33-4-2-3-28(38-33)26-17-31(43-11-9-20(22)13-24)23(14-27(26)35)16-32-37-29-8-6-21(34(40)41)15-30(29)39(32)18-25-10-12-42-25/h2-8,13-15,17,25H,9-12,16,18-19H2,(H,40,41)/t25-/m0/s1. The van der Waals surface area contributed by atoms with Crippen molar-refractivity contribution in [3.8, 4) is 22.9 Å². The summed E-state index contributed by atoms with van der Waals surface area (Å²) in [6.07, 6.45) is 1.63. The van der Waals surface area contributed by atoms with Crippen LogP contribution in [0.4, 0.5) is 10.1 Å². The smallest absolute Gasteiger partial charge is 0.335 e. The molecule has 4 heterocycles. The lowest BCUT2D eigenvalue weighted by Gasteiger charge is -2.27. The SMILES string of the molecule is [C-]#[N+]c1ccc2c(c1)CCOc1cc(c(F)cc1Cc1nc3ccc(C(=O)O)cc3n1C[C@@H]1CCO1)-c1cccc(n1)OC2. The van der Waals surface area contributed by atoms with Crippen LogP contribution in [0.5, 0.6) is 11.6 Å². The number of imidazole rings is 1. The van der Waals surface area contributed by atoms with Crippen LogP contribution in [-0.2, 0) is 30.7 Å². The minimum absolute atomic E-state index is 0.00932. The molecule has 3 aromatic carbocycles. The third kappa shape index (κ3) is 5.34. The monoisotopic (exact) mass is 590 g/mol. The van der Waals surface area contributed by atoms with E-state index in [9.17, 15) is 9.90 Å². The third-order valence-corrected chi connectivity index (χ3v) is 8.08. The summed E-state index contributed by atoms with van der Waals surface area (Å²) in [4.78, 5) is 24.7. The van der Waals surface area contributed by atoms with Crippen LogP contribution in [0, 0.1) is 12.4 Å². The van der Waals surface area contributed by atoms with Gasteiger partial charge in [-0.05, 0) is 53.9 Å². The van der Waals surface area contributed by atoms with Gasteiger partial charge in [0, 0.05) is 36.6 Å². The second-order valence-electron chi connectivity index (χ2n) is 10.9. The van der Waals surface area contributed by atoms with Gasteiger partial charge in [-0.3, -0.25) is 0 Å². The molecule has 2 aromatic heterocycles. The molecule has 1 atom stereocenters. The average molecular weight is 591 g/mol. The lowest BCUT2D eigenvalue weighted by Crippen LogP contribution is -2.31. The van der Waals surface area contributed by atoms with Crippen molar-refractivity contribution >= 4 is 22.7 Å². The molecule has 4 bridgehead atoms. The molecule has 2 aliphatic heterocycles. The second-order valence-corrected chi connectivity index (χ2v) is 10.9. The predicted octanol–water partition coefficient (Wildman–Crippen LogP) is 6.38. The van der Waals surface area contributed by atoms with E-state index < -0.39 is 11.8 Å². The number of carboxylic acids is 1. The van der Waals surface area contributed by atoms with Gasteiger partial charge in [0.1, 0.15) is 24.0 Å². The predicted molar refractivity (Wildman–Crippen MR) is 160 cm³/mol. The summed E-state index contributed by atoms with van der Waals surface area (Å²) >= 11 is 0. The number of fused-ring (bicyclic) bond motifs is 7. The van der Waals surface area contributed by atoms with Crippen LogP contribution in [0.15, 0.2) is 66.7 Å². The molecule has 2 aliphatic rings. The lowest BCUT2D eigenvalue weighted by molar-refractivity contribution is -0.0589. The van der Waals surface area contributed by atoms with E-state index in [-0.39, 0.29) is 36.9 Å². The van der Waals surface area contributed by atoms with Gasteiger partial charge in [0.05, 0.1) is 48.1 Å². The number of carbonyl (C=O) groups is 1. The number of benzene rings is 3. The first-order valence-corrected chi connectivity index (χ1v) is 14.3. The van der Waals surface area contributed by atoms with Gasteiger partial charge in [-0.25, -0.2) is 24.0 Å². The number of hydrogen-bond donors (Lipinski definition) is 1. The molecule has 0 amide bonds. The highest BCUT2D eigenvalue weighted by Gasteiger charge is 2.24. The molecule has 220 valence electrons. The Bertz CT molecular complexity index is 1960. The van der Waals surface area contributed by atoms with Gasteiger partial charge in [0.25, 0.3) is 0 Å². The van der Waals surface area contributed by atoms with Gasteiger partial charge in [-0.15, -0.1) is 0 Å². The average Bonchev–Trinajstić information content (AvgIpc) is 3.34. The number of ether oxygens (including phenoxy) is 3. The highest BCUT2D eigenvalue weighted by atomic mass is 19.1. The van der Waals surface area contributed by atoms with E-state index in [1.165, 1.54) is 12.1 Å². The van der Waals surface area contributed by atoms with Crippen LogP contribution in [0.25, 0.3) is 27.1 Å². The van der Waals surface area contributed by atoms with Crippen molar-refractivity contribution in [2.24, 2.45) is 0 Å². The molecule has 44 heavy (non-hydrogen) atoms. The first-order valence-electron chi connectivity index (χ1n) is 14.3. The van der Waals surface area contributed by atoms with Crippen molar-refractivity contribution in [1.29, 1.82) is 0 Å². The molecule has 1 saturated heterocycles. The number of aromatic carboxylic acids is 1. The van der Waals surface area contributed by atoms with Gasteiger partial charge in [0.15, 0.2) is 5.69 Å². The zero-order valence-electron chi connectivity index (χ0n) is 23.6. The molecule has 0 saturated carbocycles. The number of pyridine rings is 1. The Hall–Kier alpha value is -5.27. The summed E-state index contributed by atoms with van der Waals surface area (Å²) in [5, 5.41) is 9.60. The maximum absolute atomic E-state index is 15.8. The molecule has 7 rings (SSSR count). The van der Waals surface area contributed by atoms with Crippen molar-refractivity contribution in [3.63, 3.8) is 0 Å². The fourth-order valence-electron chi connectivity index (χ4n) is 5.63. The number of nitrogens with zero attached hydrogens (tertiary/aromatic N) is 4. The highest BCUT2D eigenvalue weighted by molar-refractivity contribution is 5.92. The Balaban J connectivity index is 1.31. The summed E-state index contributed by atoms with van der Waals surface area (Å²) in [6, 6.07) is 18.7. The Morgan fingerprint density at radius 1 is 1.05 bits per heavy atom. The third-order valence-electron chi connectivity index (χ3n) is 8.08. The van der Waals surface area contributed by atoms with Crippen molar-refractivity contribution in [2.45, 2.75) is 38.5 Å². The Labute approximate surface area is 252 Å². The highest BCUT2D eigenvalue weighted by Crippen LogP contribution is 2.34. The number of aromatic nitrogens is 3. The first-order chi connectivity index (χ1) is 21.4. The summed E-state index contributed by atoms with van der Waals surface area (Å²) in [5.74, 6) is 0.0111. The van der Waals surface area contributed by atoms with Crippen LogP contribution in [0.3, 0.4) is 0 Å². The van der Waals surface area contributed by atoms with E-state index in [0.717, 1.165) is 17.5 Å². The van der Waals surface area contributed by atoms with E-state index in [1.807, 2.05) is 16.7 Å². The van der Waals surface area contributed by atoms with Crippen LogP contribution < -0.4 is 9.47 Å². The minimum atomic E-state index is -1.02. The van der Waals surface area contributed by atoms with Gasteiger partial charge < -0.3 is 23.9 Å². The number of rotatable bonds is 5. The number of halogens is 1. The van der Waals surface area contributed by atoms with Crippen LogP contribution in [0.1, 0.15) is 39.3 Å². The normalized spacial score (nSPS) is 15.8. The van der Waals surface area contributed by atoms with E-state index >= 15 is 4.39 Å². The minimum Gasteiger partial charge on any atom is -0.493 e. The zero-order chi connectivity index (χ0) is 30.2. The molecule has 5 aromatic rings. The van der Waals surface area contributed by atoms with E-state index in [0.29, 0.717) is 65.0 Å². The summed E-state index contributed by atoms with van der Waals surface area (Å²) in [5.41, 5.74) is 5.14. The van der Waals surface area contributed by atoms with Crippen LogP contribution in [0.2, 0.25) is 0 Å². The zero-order valence-corrected chi connectivity index (χ0v) is 23.6. The Morgan fingerprint density at radius 2 is 1.93 bits per heavy atom. The molecule has 1 N–H and O–H groups in total. The molecule has 10 heteroatoms. The largest absolute Gasteiger partial charge is 0.493 e. The summed E-state index contributed by atoms with van der Waals surface area (Å²) in [6.45, 7) is 9.15. The quantitative estimate of drug-likeness (QED) is 0.237. The van der Waals surface area contributed by atoms with Crippen LogP contribution in [-0.4, -0.2) is 44.9 Å². The molecule has 0 aliphatic carbocycles. The molecule has 9 nitrogen and oxygen atoms in total. The van der Waals surface area contributed by atoms with Gasteiger partial charge in [-0.1, -0.05) is 24.3 Å². The van der Waals surface area contributed by atoms with E-state index in [2.05, 4.69) is 9.83 Å². The van der Waals surface area contributed by atoms with Crippen molar-refractivity contribution in [3.05, 3.63) is 112 Å². The molecule has 1 fully saturated rings. The Morgan fingerprint density at radius 3 is 2.73 bits per heavy atom. The summed E-state index contributed by atoms with van der Waals surface area (Å²) < 4.78 is 35.8. The molecular weight excluding hydrogens is 563 g/mol. The van der Waals surface area contributed by atoms with Gasteiger partial charge in [0.2, 0.25) is 5.88 Å². The van der Waals surface area contributed by atoms with Gasteiger partial charge in [-0.2, -0.15) is 0 Å². The van der Waals surface area contributed by atoms with Crippen LogP contribution >= 0.6 is 0 Å². The van der Waals surface area contributed by atoms with Crippen molar-refractivity contribution < 1.29 is 28.5 Å². The molecule has 0 spiro atoms. The van der Waals surface area contributed by atoms with E-state index in [1.54, 1.807) is 42.5 Å². The maximum atomic E-state index is 15.8. The number of hydrogen-bond acceptors (Lipinski definition) is 6. The molecule has 0 unspecified atom stereocenters. The Kier molecular flexibility index (Phi) is 7.16. The van der Waals surface area contributed by atoms with E-state index in [4.69, 9.17) is 25.8 Å². The molecular formula is C34H27FN4O5. The fourth-order valence-corrected chi connectivity index (χ4v) is 5.63. The van der Waals surface area contributed by atoms with Crippen molar-refractivity contribution in [1.82, 2.24) is 14.5 Å².